The van der Waals surface area contributed by atoms with Gasteiger partial charge in [-0.25, -0.2) is 13.1 Å². The predicted octanol–water partition coefficient (Wildman–Crippen LogP) is 2.11. The van der Waals surface area contributed by atoms with Gasteiger partial charge in [-0.15, -0.1) is 0 Å². The highest BCUT2D eigenvalue weighted by Gasteiger charge is 2.16. The van der Waals surface area contributed by atoms with E-state index < -0.39 is 10.0 Å². The van der Waals surface area contributed by atoms with Gasteiger partial charge in [0.25, 0.3) is 5.91 Å². The van der Waals surface area contributed by atoms with Crippen LogP contribution in [0.5, 0.6) is 17.2 Å². The highest BCUT2D eigenvalue weighted by Crippen LogP contribution is 2.32. The molecule has 9 heteroatoms. The van der Waals surface area contributed by atoms with Gasteiger partial charge in [-0.1, -0.05) is 13.0 Å². The van der Waals surface area contributed by atoms with Crippen LogP contribution in [0, 0.1) is 6.92 Å². The fourth-order valence-electron chi connectivity index (χ4n) is 2.72. The summed E-state index contributed by atoms with van der Waals surface area (Å²) in [6, 6.07) is 10.0. The molecule has 0 unspecified atom stereocenters. The van der Waals surface area contributed by atoms with E-state index in [1.807, 2.05) is 19.1 Å². The number of hydrogen-bond acceptors (Lipinski definition) is 6. The van der Waals surface area contributed by atoms with E-state index in [2.05, 4.69) is 10.0 Å². The molecule has 29 heavy (non-hydrogen) atoms. The minimum atomic E-state index is -3.54. The SMILES string of the molecule is CCCNS(=O)(=O)c1ccc(OCC(=O)NCc2ccc3c(c2)OCO3)c(C)c1. The molecule has 1 heterocycles. The van der Waals surface area contributed by atoms with Crippen molar-refractivity contribution in [1.82, 2.24) is 10.0 Å². The van der Waals surface area contributed by atoms with Gasteiger partial charge in [0.1, 0.15) is 5.75 Å². The standard InChI is InChI=1S/C20H24N2O6S/c1-3-8-22-29(24,25)16-5-7-17(14(2)9-16)26-12-20(23)21-11-15-4-6-18-19(10-15)28-13-27-18/h4-7,9-10,22H,3,8,11-13H2,1-2H3,(H,21,23). The molecule has 3 rings (SSSR count). The van der Waals surface area contributed by atoms with Gasteiger partial charge in [-0.2, -0.15) is 0 Å². The summed E-state index contributed by atoms with van der Waals surface area (Å²) in [5.74, 6) is 1.52. The lowest BCUT2D eigenvalue weighted by atomic mass is 10.2. The van der Waals surface area contributed by atoms with E-state index in [1.54, 1.807) is 19.1 Å². The van der Waals surface area contributed by atoms with Gasteiger partial charge in [0.15, 0.2) is 18.1 Å². The predicted molar refractivity (Wildman–Crippen MR) is 107 cm³/mol. The minimum absolute atomic E-state index is 0.169. The molecule has 2 aromatic carbocycles. The van der Waals surface area contributed by atoms with Crippen LogP contribution in [0.15, 0.2) is 41.3 Å². The van der Waals surface area contributed by atoms with Gasteiger partial charge in [-0.05, 0) is 54.8 Å². The second-order valence-electron chi connectivity index (χ2n) is 6.58. The van der Waals surface area contributed by atoms with Gasteiger partial charge >= 0.3 is 0 Å². The Bertz CT molecular complexity index is 990. The van der Waals surface area contributed by atoms with E-state index in [9.17, 15) is 13.2 Å². The molecule has 0 aliphatic carbocycles. The van der Waals surface area contributed by atoms with Gasteiger partial charge < -0.3 is 19.5 Å². The summed E-state index contributed by atoms with van der Waals surface area (Å²) in [4.78, 5) is 12.3. The number of carbonyl (C=O) groups excluding carboxylic acids is 1. The molecule has 1 aliphatic heterocycles. The number of carbonyl (C=O) groups is 1. The Balaban J connectivity index is 1.52. The van der Waals surface area contributed by atoms with Crippen LogP contribution >= 0.6 is 0 Å². The summed E-state index contributed by atoms with van der Waals surface area (Å²) in [7, 11) is -3.54. The van der Waals surface area contributed by atoms with Gasteiger partial charge in [0.05, 0.1) is 4.90 Å². The number of hydrogen-bond donors (Lipinski definition) is 2. The van der Waals surface area contributed by atoms with Crippen LogP contribution in [-0.2, 0) is 21.4 Å². The van der Waals surface area contributed by atoms with E-state index >= 15 is 0 Å². The van der Waals surface area contributed by atoms with Crippen LogP contribution in [-0.4, -0.2) is 34.3 Å². The summed E-state index contributed by atoms with van der Waals surface area (Å²) in [5, 5.41) is 2.77. The molecular weight excluding hydrogens is 396 g/mol. The number of amides is 1. The highest BCUT2D eigenvalue weighted by atomic mass is 32.2. The number of rotatable bonds is 9. The summed E-state index contributed by atoms with van der Waals surface area (Å²) in [6.07, 6.45) is 0.709. The quantitative estimate of drug-likeness (QED) is 0.644. The van der Waals surface area contributed by atoms with Crippen LogP contribution in [0.3, 0.4) is 0 Å². The van der Waals surface area contributed by atoms with Crippen molar-refractivity contribution in [2.75, 3.05) is 19.9 Å². The maximum Gasteiger partial charge on any atom is 0.258 e. The van der Waals surface area contributed by atoms with Crippen molar-refractivity contribution in [3.63, 3.8) is 0 Å². The van der Waals surface area contributed by atoms with Crippen molar-refractivity contribution < 1.29 is 27.4 Å². The van der Waals surface area contributed by atoms with Crippen molar-refractivity contribution in [2.45, 2.75) is 31.7 Å². The molecule has 0 radical (unpaired) electrons. The van der Waals surface area contributed by atoms with Crippen molar-refractivity contribution in [1.29, 1.82) is 0 Å². The first-order chi connectivity index (χ1) is 13.9. The zero-order valence-electron chi connectivity index (χ0n) is 16.4. The summed E-state index contributed by atoms with van der Waals surface area (Å²) in [6.45, 7) is 4.36. The topological polar surface area (TPSA) is 103 Å². The second kappa shape index (κ2) is 9.15. The molecule has 2 aromatic rings. The Labute approximate surface area is 170 Å². The Morgan fingerprint density at radius 3 is 2.69 bits per heavy atom. The number of fused-ring (bicyclic) bond motifs is 1. The van der Waals surface area contributed by atoms with Gasteiger partial charge in [-0.3, -0.25) is 4.79 Å². The fourth-order valence-corrected chi connectivity index (χ4v) is 3.94. The number of sulfonamides is 1. The Morgan fingerprint density at radius 1 is 1.14 bits per heavy atom. The van der Waals surface area contributed by atoms with Gasteiger partial charge in [0, 0.05) is 13.1 Å². The summed E-state index contributed by atoms with van der Waals surface area (Å²) in [5.41, 5.74) is 1.51. The normalized spacial score (nSPS) is 12.6. The van der Waals surface area contributed by atoms with Crippen LogP contribution in [0.1, 0.15) is 24.5 Å². The molecule has 0 atom stereocenters. The first kappa shape index (κ1) is 20.9. The average Bonchev–Trinajstić information content (AvgIpc) is 3.17. The number of benzene rings is 2. The maximum absolute atomic E-state index is 12.2. The molecule has 1 aliphatic rings. The lowest BCUT2D eigenvalue weighted by Gasteiger charge is -2.12. The number of ether oxygens (including phenoxy) is 3. The third kappa shape index (κ3) is 5.39. The third-order valence-corrected chi connectivity index (χ3v) is 5.74. The van der Waals surface area contributed by atoms with Crippen molar-refractivity contribution in [3.05, 3.63) is 47.5 Å². The largest absolute Gasteiger partial charge is 0.484 e. The van der Waals surface area contributed by atoms with E-state index in [0.29, 0.717) is 42.3 Å². The van der Waals surface area contributed by atoms with Crippen LogP contribution in [0.4, 0.5) is 0 Å². The Kier molecular flexibility index (Phi) is 6.60. The zero-order valence-corrected chi connectivity index (χ0v) is 17.2. The Hall–Kier alpha value is -2.78. The molecule has 2 N–H and O–H groups in total. The zero-order chi connectivity index (χ0) is 20.9. The summed E-state index contributed by atoms with van der Waals surface area (Å²) < 4.78 is 43.0. The molecule has 8 nitrogen and oxygen atoms in total. The molecule has 0 fully saturated rings. The van der Waals surface area contributed by atoms with E-state index in [4.69, 9.17) is 14.2 Å². The number of aryl methyl sites for hydroxylation is 1. The molecule has 0 saturated carbocycles. The smallest absolute Gasteiger partial charge is 0.258 e. The monoisotopic (exact) mass is 420 g/mol. The molecule has 0 aromatic heterocycles. The highest BCUT2D eigenvalue weighted by molar-refractivity contribution is 7.89. The van der Waals surface area contributed by atoms with Crippen molar-refractivity contribution >= 4 is 15.9 Å². The lowest BCUT2D eigenvalue weighted by Crippen LogP contribution is -2.28. The molecule has 0 saturated heterocycles. The first-order valence-corrected chi connectivity index (χ1v) is 10.8. The number of nitrogens with one attached hydrogen (secondary N) is 2. The first-order valence-electron chi connectivity index (χ1n) is 9.27. The van der Waals surface area contributed by atoms with Gasteiger partial charge in [0.2, 0.25) is 16.8 Å². The molecule has 0 spiro atoms. The fraction of sp³-hybridized carbons (Fsp3) is 0.350. The lowest BCUT2D eigenvalue weighted by molar-refractivity contribution is -0.123. The van der Waals surface area contributed by atoms with Crippen LogP contribution in [0.25, 0.3) is 0 Å². The average molecular weight is 420 g/mol. The van der Waals surface area contributed by atoms with Crippen molar-refractivity contribution in [2.24, 2.45) is 0 Å². The van der Waals surface area contributed by atoms with Crippen LogP contribution < -0.4 is 24.2 Å². The van der Waals surface area contributed by atoms with E-state index in [0.717, 1.165) is 5.56 Å². The Morgan fingerprint density at radius 2 is 1.93 bits per heavy atom. The third-order valence-electron chi connectivity index (χ3n) is 4.28. The molecular formula is C20H24N2O6S. The summed E-state index contributed by atoms with van der Waals surface area (Å²) >= 11 is 0. The molecule has 0 bridgehead atoms. The maximum atomic E-state index is 12.2. The van der Waals surface area contributed by atoms with Crippen LogP contribution in [0.2, 0.25) is 0 Å². The van der Waals surface area contributed by atoms with E-state index in [-0.39, 0.29) is 24.2 Å². The second-order valence-corrected chi connectivity index (χ2v) is 8.35. The van der Waals surface area contributed by atoms with Crippen molar-refractivity contribution in [3.8, 4) is 17.2 Å². The molecule has 156 valence electrons. The minimum Gasteiger partial charge on any atom is -0.484 e. The molecule has 1 amide bonds. The van der Waals surface area contributed by atoms with E-state index in [1.165, 1.54) is 12.1 Å².